The van der Waals surface area contributed by atoms with Crippen LogP contribution in [-0.2, 0) is 0 Å². The molecule has 1 aromatic carbocycles. The summed E-state index contributed by atoms with van der Waals surface area (Å²) < 4.78 is 0. The van der Waals surface area contributed by atoms with Crippen molar-refractivity contribution in [3.63, 3.8) is 0 Å². The fraction of sp³-hybridized carbons (Fsp3) is 0. The molecule has 2 rings (SSSR count). The molecule has 0 amide bonds. The van der Waals surface area contributed by atoms with Crippen LogP contribution >= 0.6 is 11.6 Å². The molecule has 0 saturated carbocycles. The van der Waals surface area contributed by atoms with Crippen molar-refractivity contribution in [3.8, 4) is 6.07 Å². The molecule has 0 atom stereocenters. The lowest BCUT2D eigenvalue weighted by molar-refractivity contribution is 0.0689. The lowest BCUT2D eigenvalue weighted by Crippen LogP contribution is -2.03. The molecule has 0 spiro atoms. The fourth-order valence-electron chi connectivity index (χ4n) is 1.34. The molecule has 1 heterocycles. The van der Waals surface area contributed by atoms with Gasteiger partial charge in [-0.25, -0.2) is 4.79 Å². The number of benzene rings is 1. The van der Waals surface area contributed by atoms with E-state index in [-0.39, 0.29) is 5.69 Å². The van der Waals surface area contributed by atoms with Crippen molar-refractivity contribution < 1.29 is 9.90 Å². The van der Waals surface area contributed by atoms with Gasteiger partial charge in [0, 0.05) is 0 Å². The Hall–Kier alpha value is -2.65. The third kappa shape index (κ3) is 2.97. The maximum absolute atomic E-state index is 10.6. The number of nitriles is 1. The monoisotopic (exact) mass is 274 g/mol. The molecule has 0 unspecified atom stereocenters. The van der Waals surface area contributed by atoms with Gasteiger partial charge in [-0.2, -0.15) is 5.26 Å². The summed E-state index contributed by atoms with van der Waals surface area (Å²) in [4.78, 5) is 10.6. The van der Waals surface area contributed by atoms with E-state index in [1.54, 1.807) is 12.1 Å². The normalized spacial score (nSPS) is 9.68. The van der Waals surface area contributed by atoms with E-state index in [4.69, 9.17) is 22.0 Å². The Labute approximate surface area is 113 Å². The second-order valence-electron chi connectivity index (χ2n) is 3.54. The molecule has 1 aromatic heterocycles. The molecule has 2 aromatic rings. The summed E-state index contributed by atoms with van der Waals surface area (Å²) in [5, 5.41) is 27.9. The Bertz CT molecular complexity index is 664. The van der Waals surface area contributed by atoms with E-state index in [9.17, 15) is 4.79 Å². The van der Waals surface area contributed by atoms with E-state index in [0.29, 0.717) is 22.1 Å². The number of hydrogen-bond acceptors (Lipinski definition) is 5. The highest BCUT2D eigenvalue weighted by molar-refractivity contribution is 6.33. The summed E-state index contributed by atoms with van der Waals surface area (Å²) in [6, 6.07) is 9.53. The summed E-state index contributed by atoms with van der Waals surface area (Å²) in [6.45, 7) is 0. The smallest absolute Gasteiger partial charge is 0.356 e. The molecule has 0 aliphatic rings. The maximum atomic E-state index is 10.6. The van der Waals surface area contributed by atoms with Crippen LogP contribution in [0.15, 0.2) is 30.3 Å². The number of halogens is 1. The van der Waals surface area contributed by atoms with Crippen LogP contribution in [0.5, 0.6) is 0 Å². The summed E-state index contributed by atoms with van der Waals surface area (Å²) in [5.41, 5.74) is 0.859. The molecule has 0 aliphatic heterocycles. The maximum Gasteiger partial charge on any atom is 0.356 e. The van der Waals surface area contributed by atoms with Crippen LogP contribution in [0.4, 0.5) is 11.5 Å². The molecule has 0 fully saturated rings. The second-order valence-corrected chi connectivity index (χ2v) is 3.95. The van der Waals surface area contributed by atoms with Gasteiger partial charge in [-0.3, -0.25) is 0 Å². The van der Waals surface area contributed by atoms with E-state index in [1.165, 1.54) is 18.2 Å². The third-order valence-electron chi connectivity index (χ3n) is 2.24. The molecule has 0 aliphatic carbocycles. The zero-order chi connectivity index (χ0) is 13.8. The van der Waals surface area contributed by atoms with Crippen LogP contribution < -0.4 is 5.32 Å². The minimum atomic E-state index is -1.14. The molecule has 7 heteroatoms. The largest absolute Gasteiger partial charge is 0.476 e. The van der Waals surface area contributed by atoms with Gasteiger partial charge in [0.1, 0.15) is 0 Å². The number of carboxylic acids is 1. The van der Waals surface area contributed by atoms with Gasteiger partial charge in [-0.05, 0) is 30.3 Å². The number of nitrogens with one attached hydrogen (secondary N) is 1. The van der Waals surface area contributed by atoms with Crippen molar-refractivity contribution >= 4 is 29.1 Å². The summed E-state index contributed by atoms with van der Waals surface area (Å²) >= 11 is 5.98. The Morgan fingerprint density at radius 2 is 2.11 bits per heavy atom. The van der Waals surface area contributed by atoms with Crippen molar-refractivity contribution in [2.75, 3.05) is 5.32 Å². The lowest BCUT2D eigenvalue weighted by atomic mass is 10.2. The standard InChI is InChI=1S/C12H7ClN4O2/c13-8-5-7(6-14)1-2-9(8)15-11-4-3-10(12(18)19)16-17-11/h1-5H,(H,15,17)(H,18,19). The minimum Gasteiger partial charge on any atom is -0.476 e. The van der Waals surface area contributed by atoms with Crippen LogP contribution in [0.2, 0.25) is 5.02 Å². The topological polar surface area (TPSA) is 98.9 Å². The Balaban J connectivity index is 2.22. The number of hydrogen-bond donors (Lipinski definition) is 2. The molecule has 19 heavy (non-hydrogen) atoms. The lowest BCUT2D eigenvalue weighted by Gasteiger charge is -2.07. The van der Waals surface area contributed by atoms with Crippen molar-refractivity contribution in [2.24, 2.45) is 0 Å². The van der Waals surface area contributed by atoms with Crippen LogP contribution in [0.3, 0.4) is 0 Å². The minimum absolute atomic E-state index is 0.142. The molecule has 0 bridgehead atoms. The molecular formula is C12H7ClN4O2. The summed E-state index contributed by atoms with van der Waals surface area (Å²) in [7, 11) is 0. The zero-order valence-corrected chi connectivity index (χ0v) is 10.2. The van der Waals surface area contributed by atoms with Gasteiger partial charge < -0.3 is 10.4 Å². The fourth-order valence-corrected chi connectivity index (χ4v) is 1.56. The van der Waals surface area contributed by atoms with E-state index < -0.39 is 5.97 Å². The molecule has 2 N–H and O–H groups in total. The van der Waals surface area contributed by atoms with Gasteiger partial charge >= 0.3 is 5.97 Å². The summed E-state index contributed by atoms with van der Waals surface area (Å²) in [6.07, 6.45) is 0. The van der Waals surface area contributed by atoms with Crippen LogP contribution in [0.1, 0.15) is 16.1 Å². The number of carboxylic acid groups (broad SMARTS) is 1. The predicted octanol–water partition coefficient (Wildman–Crippen LogP) is 2.44. The first-order valence-corrected chi connectivity index (χ1v) is 5.51. The highest BCUT2D eigenvalue weighted by Gasteiger charge is 2.07. The van der Waals surface area contributed by atoms with Gasteiger partial charge in [-0.15, -0.1) is 10.2 Å². The van der Waals surface area contributed by atoms with Crippen LogP contribution in [0, 0.1) is 11.3 Å². The van der Waals surface area contributed by atoms with Crippen molar-refractivity contribution in [2.45, 2.75) is 0 Å². The molecule has 0 radical (unpaired) electrons. The first kappa shape index (κ1) is 12.8. The first-order valence-electron chi connectivity index (χ1n) is 5.14. The van der Waals surface area contributed by atoms with Crippen LogP contribution in [0.25, 0.3) is 0 Å². The number of carbonyl (C=O) groups is 1. The average molecular weight is 275 g/mol. The van der Waals surface area contributed by atoms with Crippen molar-refractivity contribution in [3.05, 3.63) is 46.6 Å². The van der Waals surface area contributed by atoms with Gasteiger partial charge in [0.05, 0.1) is 22.3 Å². The molecule has 94 valence electrons. The number of aromatic carboxylic acids is 1. The molecular weight excluding hydrogens is 268 g/mol. The SMILES string of the molecule is N#Cc1ccc(Nc2ccc(C(=O)O)nn2)c(Cl)c1. The van der Waals surface area contributed by atoms with E-state index in [1.807, 2.05) is 6.07 Å². The van der Waals surface area contributed by atoms with Crippen molar-refractivity contribution in [1.29, 1.82) is 5.26 Å². The summed E-state index contributed by atoms with van der Waals surface area (Å²) in [5.74, 6) is -0.785. The first-order chi connectivity index (χ1) is 9.10. The van der Waals surface area contributed by atoms with Crippen molar-refractivity contribution in [1.82, 2.24) is 10.2 Å². The Morgan fingerprint density at radius 1 is 1.32 bits per heavy atom. The molecule has 0 saturated heterocycles. The number of nitrogens with zero attached hydrogens (tertiary/aromatic N) is 3. The number of anilines is 2. The second kappa shape index (κ2) is 5.33. The van der Waals surface area contributed by atoms with Gasteiger partial charge in [-0.1, -0.05) is 11.6 Å². The van der Waals surface area contributed by atoms with Gasteiger partial charge in [0.25, 0.3) is 0 Å². The number of aromatic nitrogens is 2. The van der Waals surface area contributed by atoms with Gasteiger partial charge in [0.2, 0.25) is 0 Å². The zero-order valence-electron chi connectivity index (χ0n) is 9.46. The quantitative estimate of drug-likeness (QED) is 0.892. The predicted molar refractivity (Wildman–Crippen MR) is 68.4 cm³/mol. The molecule has 6 nitrogen and oxygen atoms in total. The highest BCUT2D eigenvalue weighted by atomic mass is 35.5. The van der Waals surface area contributed by atoms with E-state index >= 15 is 0 Å². The Morgan fingerprint density at radius 3 is 2.63 bits per heavy atom. The van der Waals surface area contributed by atoms with E-state index in [2.05, 4.69) is 15.5 Å². The Kier molecular flexibility index (Phi) is 3.59. The highest BCUT2D eigenvalue weighted by Crippen LogP contribution is 2.25. The van der Waals surface area contributed by atoms with Gasteiger partial charge in [0.15, 0.2) is 11.5 Å². The average Bonchev–Trinajstić information content (AvgIpc) is 2.41. The van der Waals surface area contributed by atoms with Crippen LogP contribution in [-0.4, -0.2) is 21.3 Å². The van der Waals surface area contributed by atoms with E-state index in [0.717, 1.165) is 0 Å². The third-order valence-corrected chi connectivity index (χ3v) is 2.56. The number of rotatable bonds is 3.